The highest BCUT2D eigenvalue weighted by molar-refractivity contribution is 7.52. The van der Waals surface area contributed by atoms with Gasteiger partial charge < -0.3 is 24.9 Å². The number of carbonyl (C=O) groups is 3. The second-order valence-electron chi connectivity index (χ2n) is 12.2. The lowest BCUT2D eigenvalue weighted by molar-refractivity contribution is -0.150. The van der Waals surface area contributed by atoms with Crippen LogP contribution in [0.5, 0.6) is 0 Å². The largest absolute Gasteiger partial charge is 0.399 e. The Morgan fingerprint density at radius 3 is 2.28 bits per heavy atom. The van der Waals surface area contributed by atoms with Crippen LogP contribution in [0.15, 0.2) is 48.5 Å². The summed E-state index contributed by atoms with van der Waals surface area (Å²) < 4.78 is 40.3. The van der Waals surface area contributed by atoms with Gasteiger partial charge in [-0.25, -0.2) is 0 Å². The minimum atomic E-state index is -5.76. The Kier molecular flexibility index (Phi) is 8.28. The fourth-order valence-corrected chi connectivity index (χ4v) is 7.10. The standard InChI is InChI=1S/C30H34F2N3O6PS/c1-29(2,3)25(33-26(36)24-15-20-14-21(11-12-23(20)43-24)30(31,32)42(39,40)41)28(38)35-13-7-6-10-22(35)27(37)34-16-18-8-4-5-9-19(18)17-34/h4-5,8-9,11-12,14-15,22,25H,6-7,10,13,16-17H2,1-3H3,(H,33,36)(H2,39,40,41)/t22-,25+/m0/s1. The molecule has 13 heteroatoms. The van der Waals surface area contributed by atoms with Crippen LogP contribution in [-0.2, 0) is 32.9 Å². The minimum Gasteiger partial charge on any atom is -0.339 e. The van der Waals surface area contributed by atoms with E-state index in [-0.39, 0.29) is 22.1 Å². The maximum absolute atomic E-state index is 14.3. The molecule has 2 aliphatic heterocycles. The van der Waals surface area contributed by atoms with Gasteiger partial charge in [-0.2, -0.15) is 8.78 Å². The van der Waals surface area contributed by atoms with Gasteiger partial charge >= 0.3 is 13.3 Å². The predicted molar refractivity (Wildman–Crippen MR) is 159 cm³/mol. The summed E-state index contributed by atoms with van der Waals surface area (Å²) in [5.74, 6) is -1.07. The first kappa shape index (κ1) is 31.3. The van der Waals surface area contributed by atoms with Crippen LogP contribution in [0.4, 0.5) is 8.78 Å². The molecule has 3 heterocycles. The topological polar surface area (TPSA) is 127 Å². The number of hydrogen-bond donors (Lipinski definition) is 3. The zero-order valence-electron chi connectivity index (χ0n) is 24.0. The van der Waals surface area contributed by atoms with Crippen molar-refractivity contribution in [2.75, 3.05) is 6.54 Å². The number of alkyl halides is 2. The molecule has 2 atom stereocenters. The third-order valence-electron chi connectivity index (χ3n) is 8.07. The van der Waals surface area contributed by atoms with E-state index < -0.39 is 42.2 Å². The molecule has 0 radical (unpaired) electrons. The normalized spacial score (nSPS) is 18.4. The highest BCUT2D eigenvalue weighted by atomic mass is 32.1. The Bertz CT molecular complexity index is 1610. The third-order valence-corrected chi connectivity index (χ3v) is 10.2. The highest BCUT2D eigenvalue weighted by Gasteiger charge is 2.50. The minimum absolute atomic E-state index is 0.115. The molecule has 0 spiro atoms. The van der Waals surface area contributed by atoms with Crippen molar-refractivity contribution < 1.29 is 37.5 Å². The number of fused-ring (bicyclic) bond motifs is 2. The summed E-state index contributed by atoms with van der Waals surface area (Å²) in [6.45, 7) is 6.80. The average molecular weight is 634 g/mol. The van der Waals surface area contributed by atoms with E-state index in [2.05, 4.69) is 5.32 Å². The van der Waals surface area contributed by atoms with Crippen LogP contribution >= 0.6 is 18.9 Å². The molecular weight excluding hydrogens is 599 g/mol. The lowest BCUT2D eigenvalue weighted by atomic mass is 9.84. The van der Waals surface area contributed by atoms with E-state index in [9.17, 15) is 27.7 Å². The van der Waals surface area contributed by atoms with Crippen LogP contribution < -0.4 is 5.32 Å². The van der Waals surface area contributed by atoms with Gasteiger partial charge in [0.15, 0.2) is 0 Å². The first-order valence-electron chi connectivity index (χ1n) is 14.0. The molecule has 1 aromatic heterocycles. The van der Waals surface area contributed by atoms with Gasteiger partial charge in [-0.3, -0.25) is 18.9 Å². The number of carbonyl (C=O) groups excluding carboxylic acids is 3. The fraction of sp³-hybridized carbons (Fsp3) is 0.433. The van der Waals surface area contributed by atoms with Crippen LogP contribution in [0.1, 0.15) is 66.4 Å². The molecule has 230 valence electrons. The van der Waals surface area contributed by atoms with Crippen molar-refractivity contribution in [3.05, 3.63) is 70.1 Å². The van der Waals surface area contributed by atoms with Crippen molar-refractivity contribution in [3.8, 4) is 0 Å². The van der Waals surface area contributed by atoms with Gasteiger partial charge in [0, 0.05) is 29.9 Å². The first-order chi connectivity index (χ1) is 20.1. The van der Waals surface area contributed by atoms with Gasteiger partial charge in [0.2, 0.25) is 11.8 Å². The van der Waals surface area contributed by atoms with Crippen molar-refractivity contribution in [2.24, 2.45) is 5.41 Å². The van der Waals surface area contributed by atoms with Crippen molar-refractivity contribution in [2.45, 2.75) is 70.9 Å². The Morgan fingerprint density at radius 2 is 1.67 bits per heavy atom. The SMILES string of the molecule is CC(C)(C)[C@H](NC(=O)c1cc2cc(C(F)(F)P(=O)(O)O)ccc2s1)C(=O)N1CCCC[C@H]1C(=O)N1Cc2ccccc2C1. The van der Waals surface area contributed by atoms with Crippen LogP contribution in [-0.4, -0.2) is 55.9 Å². The zero-order chi connectivity index (χ0) is 31.3. The summed E-state index contributed by atoms with van der Waals surface area (Å²) in [5.41, 5.74) is -3.79. The van der Waals surface area contributed by atoms with Crippen LogP contribution in [0, 0.1) is 5.41 Å². The smallest absolute Gasteiger partial charge is 0.339 e. The molecule has 0 unspecified atom stereocenters. The van der Waals surface area contributed by atoms with Crippen molar-refractivity contribution in [3.63, 3.8) is 0 Å². The molecule has 2 aromatic carbocycles. The molecule has 43 heavy (non-hydrogen) atoms. The van der Waals surface area contributed by atoms with E-state index in [1.807, 2.05) is 45.0 Å². The Balaban J connectivity index is 1.36. The number of piperidine rings is 1. The summed E-state index contributed by atoms with van der Waals surface area (Å²) in [6, 6.07) is 10.8. The maximum Gasteiger partial charge on any atom is 0.399 e. The van der Waals surface area contributed by atoms with E-state index in [4.69, 9.17) is 9.79 Å². The number of hydrogen-bond acceptors (Lipinski definition) is 5. The summed E-state index contributed by atoms with van der Waals surface area (Å²) in [4.78, 5) is 62.9. The molecule has 2 aliphatic rings. The van der Waals surface area contributed by atoms with E-state index in [1.165, 1.54) is 12.1 Å². The number of thiophene rings is 1. The quantitative estimate of drug-likeness (QED) is 0.321. The van der Waals surface area contributed by atoms with E-state index in [0.717, 1.165) is 47.4 Å². The zero-order valence-corrected chi connectivity index (χ0v) is 25.8. The summed E-state index contributed by atoms with van der Waals surface area (Å²) in [7, 11) is -5.76. The molecule has 0 bridgehead atoms. The van der Waals surface area contributed by atoms with Crippen LogP contribution in [0.2, 0.25) is 0 Å². The van der Waals surface area contributed by atoms with E-state index in [0.29, 0.717) is 30.8 Å². The van der Waals surface area contributed by atoms with Crippen molar-refractivity contribution in [1.82, 2.24) is 15.1 Å². The lowest BCUT2D eigenvalue weighted by Gasteiger charge is -2.41. The first-order valence-corrected chi connectivity index (χ1v) is 16.5. The monoisotopic (exact) mass is 633 g/mol. The third kappa shape index (κ3) is 6.11. The summed E-state index contributed by atoms with van der Waals surface area (Å²) >= 11 is 1.01. The number of likely N-dealkylation sites (tertiary alicyclic amines) is 1. The summed E-state index contributed by atoms with van der Waals surface area (Å²) in [5, 5.41) is 3.04. The number of nitrogens with one attached hydrogen (secondary N) is 1. The highest BCUT2D eigenvalue weighted by Crippen LogP contribution is 2.59. The average Bonchev–Trinajstić information content (AvgIpc) is 3.58. The van der Waals surface area contributed by atoms with Gasteiger partial charge in [-0.05, 0) is 59.4 Å². The van der Waals surface area contributed by atoms with E-state index >= 15 is 0 Å². The number of rotatable bonds is 6. The molecule has 0 saturated carbocycles. The molecule has 1 saturated heterocycles. The number of amides is 3. The van der Waals surface area contributed by atoms with Gasteiger partial charge in [0.1, 0.15) is 12.1 Å². The second kappa shape index (κ2) is 11.4. The number of benzene rings is 2. The van der Waals surface area contributed by atoms with Gasteiger partial charge in [-0.1, -0.05) is 51.1 Å². The Labute approximate surface area is 252 Å². The Morgan fingerprint density at radius 1 is 1.02 bits per heavy atom. The molecular formula is C30H34F2N3O6PS. The maximum atomic E-state index is 14.3. The molecule has 9 nitrogen and oxygen atoms in total. The van der Waals surface area contributed by atoms with Crippen molar-refractivity contribution >= 4 is 46.7 Å². The van der Waals surface area contributed by atoms with Gasteiger partial charge in [0.25, 0.3) is 5.91 Å². The predicted octanol–water partition coefficient (Wildman–Crippen LogP) is 5.20. The summed E-state index contributed by atoms with van der Waals surface area (Å²) in [6.07, 6.45) is 2.07. The Hall–Kier alpha value is -3.18. The number of halogens is 2. The molecule has 1 fully saturated rings. The number of nitrogens with zero attached hydrogens (tertiary/aromatic N) is 2. The second-order valence-corrected chi connectivity index (χ2v) is 15.0. The lowest BCUT2D eigenvalue weighted by Crippen LogP contribution is -2.60. The van der Waals surface area contributed by atoms with Gasteiger partial charge in [0.05, 0.1) is 4.88 Å². The van der Waals surface area contributed by atoms with Crippen molar-refractivity contribution in [1.29, 1.82) is 0 Å². The fourth-order valence-electron chi connectivity index (χ4n) is 5.68. The van der Waals surface area contributed by atoms with Crippen LogP contribution in [0.25, 0.3) is 10.1 Å². The molecule has 0 aliphatic carbocycles. The van der Waals surface area contributed by atoms with E-state index in [1.54, 1.807) is 9.80 Å². The van der Waals surface area contributed by atoms with Gasteiger partial charge in [-0.15, -0.1) is 11.3 Å². The molecule has 3 amide bonds. The molecule has 3 N–H and O–H groups in total. The molecule has 3 aromatic rings. The van der Waals surface area contributed by atoms with Crippen LogP contribution in [0.3, 0.4) is 0 Å². The molecule has 5 rings (SSSR count).